The highest BCUT2D eigenvalue weighted by Gasteiger charge is 2.16. The maximum Gasteiger partial charge on any atom is 0.116 e. The first kappa shape index (κ1) is 11.2. The molecule has 0 amide bonds. The van der Waals surface area contributed by atoms with E-state index in [1.807, 2.05) is 24.4 Å². The lowest BCUT2D eigenvalue weighted by Crippen LogP contribution is -2.30. The summed E-state index contributed by atoms with van der Waals surface area (Å²) in [5, 5.41) is 0. The number of hydrogen-bond acceptors (Lipinski definition) is 3. The average molecular weight is 238 g/mol. The zero-order chi connectivity index (χ0) is 12.2. The molecule has 3 heteroatoms. The van der Waals surface area contributed by atoms with E-state index in [9.17, 15) is 0 Å². The Morgan fingerprint density at radius 1 is 1.00 bits per heavy atom. The smallest absolute Gasteiger partial charge is 0.116 e. The van der Waals surface area contributed by atoms with Crippen LogP contribution in [0.1, 0.15) is 12.8 Å². The SMILES string of the molecule is [CH]1CCN(c2cncnc2-c2ccccc2)CC1. The lowest BCUT2D eigenvalue weighted by Gasteiger charge is -2.29. The second kappa shape index (κ2) is 5.17. The van der Waals surface area contributed by atoms with Crippen molar-refractivity contribution in [3.05, 3.63) is 49.3 Å². The van der Waals surface area contributed by atoms with Crippen molar-refractivity contribution in [2.45, 2.75) is 12.8 Å². The maximum absolute atomic E-state index is 4.46. The van der Waals surface area contributed by atoms with Gasteiger partial charge in [0.15, 0.2) is 0 Å². The number of aromatic nitrogens is 2. The number of anilines is 1. The predicted octanol–water partition coefficient (Wildman–Crippen LogP) is 2.95. The van der Waals surface area contributed by atoms with E-state index >= 15 is 0 Å². The summed E-state index contributed by atoms with van der Waals surface area (Å²) in [4.78, 5) is 11.0. The fraction of sp³-hybridized carbons (Fsp3) is 0.267. The molecule has 1 saturated heterocycles. The van der Waals surface area contributed by atoms with Crippen LogP contribution in [0.4, 0.5) is 5.69 Å². The van der Waals surface area contributed by atoms with E-state index in [2.05, 4.69) is 33.4 Å². The minimum absolute atomic E-state index is 1.03. The molecule has 18 heavy (non-hydrogen) atoms. The summed E-state index contributed by atoms with van der Waals surface area (Å²) < 4.78 is 0. The molecule has 1 fully saturated rings. The molecule has 0 aliphatic carbocycles. The summed E-state index contributed by atoms with van der Waals surface area (Å²) >= 11 is 0. The summed E-state index contributed by atoms with van der Waals surface area (Å²) in [6.45, 7) is 2.13. The van der Waals surface area contributed by atoms with Gasteiger partial charge in [0, 0.05) is 18.7 Å². The third-order valence-electron chi connectivity index (χ3n) is 3.29. The molecule has 2 heterocycles. The molecule has 1 aromatic heterocycles. The average Bonchev–Trinajstić information content (AvgIpc) is 2.49. The highest BCUT2D eigenvalue weighted by molar-refractivity contribution is 5.74. The lowest BCUT2D eigenvalue weighted by atomic mass is 10.1. The van der Waals surface area contributed by atoms with Gasteiger partial charge in [0.1, 0.15) is 6.33 Å². The van der Waals surface area contributed by atoms with Gasteiger partial charge in [0.05, 0.1) is 17.6 Å². The fourth-order valence-electron chi connectivity index (χ4n) is 2.36. The van der Waals surface area contributed by atoms with Crippen molar-refractivity contribution in [2.75, 3.05) is 18.0 Å². The van der Waals surface area contributed by atoms with Crippen LogP contribution in [0.25, 0.3) is 11.3 Å². The van der Waals surface area contributed by atoms with E-state index in [-0.39, 0.29) is 0 Å². The number of nitrogens with zero attached hydrogens (tertiary/aromatic N) is 3. The predicted molar refractivity (Wildman–Crippen MR) is 73.2 cm³/mol. The van der Waals surface area contributed by atoms with Crippen molar-refractivity contribution < 1.29 is 0 Å². The Labute approximate surface area is 108 Å². The van der Waals surface area contributed by atoms with Crippen LogP contribution in [0.5, 0.6) is 0 Å². The van der Waals surface area contributed by atoms with E-state index in [0.29, 0.717) is 0 Å². The Balaban J connectivity index is 1.99. The molecule has 0 N–H and O–H groups in total. The van der Waals surface area contributed by atoms with E-state index in [1.54, 1.807) is 6.33 Å². The Bertz CT molecular complexity index is 504. The second-order valence-corrected chi connectivity index (χ2v) is 4.48. The molecule has 0 atom stereocenters. The van der Waals surface area contributed by atoms with Gasteiger partial charge in [-0.25, -0.2) is 9.97 Å². The third kappa shape index (κ3) is 2.21. The largest absolute Gasteiger partial charge is 0.369 e. The van der Waals surface area contributed by atoms with Gasteiger partial charge in [-0.2, -0.15) is 0 Å². The van der Waals surface area contributed by atoms with Crippen molar-refractivity contribution in [2.24, 2.45) is 0 Å². The van der Waals surface area contributed by atoms with Gasteiger partial charge in [-0.1, -0.05) is 30.3 Å². The van der Waals surface area contributed by atoms with Crippen LogP contribution in [0.3, 0.4) is 0 Å². The monoisotopic (exact) mass is 238 g/mol. The maximum atomic E-state index is 4.46. The first-order valence-electron chi connectivity index (χ1n) is 6.37. The number of piperidine rings is 1. The van der Waals surface area contributed by atoms with Crippen molar-refractivity contribution in [1.82, 2.24) is 9.97 Å². The summed E-state index contributed by atoms with van der Waals surface area (Å²) in [7, 11) is 0. The Kier molecular flexibility index (Phi) is 3.22. The van der Waals surface area contributed by atoms with Gasteiger partial charge in [-0.15, -0.1) is 0 Å². The Hall–Kier alpha value is -1.90. The summed E-state index contributed by atoms with van der Waals surface area (Å²) in [6.07, 6.45) is 8.19. The molecule has 3 nitrogen and oxygen atoms in total. The summed E-state index contributed by atoms with van der Waals surface area (Å²) in [5.74, 6) is 0. The molecule has 1 radical (unpaired) electrons. The van der Waals surface area contributed by atoms with Crippen LogP contribution in [-0.2, 0) is 0 Å². The molecule has 2 aromatic rings. The number of hydrogen-bond donors (Lipinski definition) is 0. The number of benzene rings is 1. The Morgan fingerprint density at radius 2 is 1.78 bits per heavy atom. The first-order valence-corrected chi connectivity index (χ1v) is 6.37. The van der Waals surface area contributed by atoms with Gasteiger partial charge >= 0.3 is 0 Å². The molecule has 91 valence electrons. The topological polar surface area (TPSA) is 29.0 Å². The zero-order valence-electron chi connectivity index (χ0n) is 10.3. The lowest BCUT2D eigenvalue weighted by molar-refractivity contribution is 0.677. The minimum Gasteiger partial charge on any atom is -0.369 e. The first-order chi connectivity index (χ1) is 8.95. The van der Waals surface area contributed by atoms with Gasteiger partial charge in [0.25, 0.3) is 0 Å². The molecule has 1 aliphatic heterocycles. The third-order valence-corrected chi connectivity index (χ3v) is 3.29. The number of rotatable bonds is 2. The van der Waals surface area contributed by atoms with Crippen LogP contribution in [0, 0.1) is 6.42 Å². The molecule has 0 spiro atoms. The van der Waals surface area contributed by atoms with Crippen LogP contribution < -0.4 is 4.90 Å². The Morgan fingerprint density at radius 3 is 2.56 bits per heavy atom. The van der Waals surface area contributed by atoms with Crippen molar-refractivity contribution in [3.8, 4) is 11.3 Å². The molecule has 3 rings (SSSR count). The van der Waals surface area contributed by atoms with Crippen molar-refractivity contribution in [3.63, 3.8) is 0 Å². The summed E-state index contributed by atoms with van der Waals surface area (Å²) in [5.41, 5.74) is 3.34. The van der Waals surface area contributed by atoms with Crippen LogP contribution in [0.15, 0.2) is 42.9 Å². The molecule has 1 aromatic carbocycles. The van der Waals surface area contributed by atoms with Gasteiger partial charge in [0.2, 0.25) is 0 Å². The minimum atomic E-state index is 1.03. The molecule has 1 aliphatic rings. The fourth-order valence-corrected chi connectivity index (χ4v) is 2.36. The molecule has 0 bridgehead atoms. The van der Waals surface area contributed by atoms with Crippen molar-refractivity contribution in [1.29, 1.82) is 0 Å². The molecule has 0 saturated carbocycles. The van der Waals surface area contributed by atoms with E-state index < -0.39 is 0 Å². The van der Waals surface area contributed by atoms with Gasteiger partial charge in [-0.05, 0) is 19.3 Å². The quantitative estimate of drug-likeness (QED) is 0.805. The highest BCUT2D eigenvalue weighted by Crippen LogP contribution is 2.29. The van der Waals surface area contributed by atoms with Gasteiger partial charge in [-0.3, -0.25) is 0 Å². The normalized spacial score (nSPS) is 15.7. The van der Waals surface area contributed by atoms with Crippen LogP contribution in [0.2, 0.25) is 0 Å². The molecule has 0 unspecified atom stereocenters. The van der Waals surface area contributed by atoms with Crippen LogP contribution in [-0.4, -0.2) is 23.1 Å². The van der Waals surface area contributed by atoms with Crippen molar-refractivity contribution >= 4 is 5.69 Å². The molecular formula is C15H16N3. The zero-order valence-corrected chi connectivity index (χ0v) is 10.3. The van der Waals surface area contributed by atoms with E-state index in [0.717, 1.165) is 42.9 Å². The van der Waals surface area contributed by atoms with E-state index in [4.69, 9.17) is 0 Å². The van der Waals surface area contributed by atoms with Gasteiger partial charge < -0.3 is 4.90 Å². The highest BCUT2D eigenvalue weighted by atomic mass is 15.1. The van der Waals surface area contributed by atoms with Crippen LogP contribution >= 0.6 is 0 Å². The van der Waals surface area contributed by atoms with E-state index in [1.165, 1.54) is 0 Å². The second-order valence-electron chi connectivity index (χ2n) is 4.48. The molecular weight excluding hydrogens is 222 g/mol. The standard InChI is InChI=1S/C15H16N3/c1-3-7-13(8-4-1)15-14(11-16-12-17-15)18-9-5-2-6-10-18/h1-4,7-8,11-12H,5-6,9-10H2. The summed E-state index contributed by atoms with van der Waals surface area (Å²) in [6, 6.07) is 10.3.